The van der Waals surface area contributed by atoms with E-state index in [9.17, 15) is 4.79 Å². The minimum Gasteiger partial charge on any atom is -0.484 e. The maximum absolute atomic E-state index is 12.9. The fourth-order valence-electron chi connectivity index (χ4n) is 2.73. The first-order chi connectivity index (χ1) is 13.2. The molecule has 1 heterocycles. The lowest BCUT2D eigenvalue weighted by Gasteiger charge is -2.22. The average Bonchev–Trinajstić information content (AvgIpc) is 2.72. The van der Waals surface area contributed by atoms with Crippen LogP contribution in [0.4, 0.5) is 5.82 Å². The summed E-state index contributed by atoms with van der Waals surface area (Å²) in [6.45, 7) is 4.56. The maximum atomic E-state index is 12.9. The van der Waals surface area contributed by atoms with E-state index >= 15 is 0 Å². The van der Waals surface area contributed by atoms with Gasteiger partial charge in [-0.25, -0.2) is 4.98 Å². The number of ether oxygens (including phenoxy) is 1. The van der Waals surface area contributed by atoms with E-state index in [4.69, 9.17) is 4.74 Å². The third-order valence-electron chi connectivity index (χ3n) is 4.38. The van der Waals surface area contributed by atoms with Crippen LogP contribution in [0.3, 0.4) is 0 Å². The number of aryl methyl sites for hydroxylation is 2. The van der Waals surface area contributed by atoms with Gasteiger partial charge in [-0.2, -0.15) is 0 Å². The zero-order valence-electron chi connectivity index (χ0n) is 15.8. The molecule has 0 radical (unpaired) electrons. The summed E-state index contributed by atoms with van der Waals surface area (Å²) in [5.41, 5.74) is 3.48. The molecular weight excluding hydrogens is 336 g/mol. The van der Waals surface area contributed by atoms with Crippen LogP contribution < -0.4 is 9.64 Å². The molecule has 2 aromatic carbocycles. The molecule has 3 aromatic rings. The molecular formula is C23H24N2O2. The van der Waals surface area contributed by atoms with Gasteiger partial charge in [-0.05, 0) is 48.7 Å². The molecule has 1 aromatic heterocycles. The number of rotatable bonds is 7. The van der Waals surface area contributed by atoms with Gasteiger partial charge in [0.15, 0.2) is 6.61 Å². The van der Waals surface area contributed by atoms with Gasteiger partial charge in [0.2, 0.25) is 0 Å². The molecule has 27 heavy (non-hydrogen) atoms. The minimum absolute atomic E-state index is 0.0350. The van der Waals surface area contributed by atoms with Crippen molar-refractivity contribution in [1.82, 2.24) is 4.98 Å². The molecule has 0 N–H and O–H groups in total. The van der Waals surface area contributed by atoms with E-state index < -0.39 is 0 Å². The first kappa shape index (κ1) is 18.6. The molecule has 3 rings (SSSR count). The third kappa shape index (κ3) is 5.17. The summed E-state index contributed by atoms with van der Waals surface area (Å²) in [4.78, 5) is 18.9. The average molecular weight is 360 g/mol. The summed E-state index contributed by atoms with van der Waals surface area (Å²) < 4.78 is 5.68. The minimum atomic E-state index is -0.131. The predicted molar refractivity (Wildman–Crippen MR) is 108 cm³/mol. The molecule has 0 aliphatic rings. The van der Waals surface area contributed by atoms with Gasteiger partial charge < -0.3 is 4.74 Å². The van der Waals surface area contributed by atoms with Crippen LogP contribution in [-0.2, 0) is 17.8 Å². The summed E-state index contributed by atoms with van der Waals surface area (Å²) in [5.74, 6) is 1.17. The van der Waals surface area contributed by atoms with Gasteiger partial charge >= 0.3 is 0 Å². The second-order valence-corrected chi connectivity index (χ2v) is 6.44. The lowest BCUT2D eigenvalue weighted by molar-refractivity contribution is -0.120. The zero-order chi connectivity index (χ0) is 19.1. The zero-order valence-corrected chi connectivity index (χ0v) is 15.8. The molecule has 4 nitrogen and oxygen atoms in total. The SMILES string of the molecule is CCc1ccc(CN(C(=O)COc2ccc(C)cc2)c2ccccn2)cc1. The van der Waals surface area contributed by atoms with E-state index in [-0.39, 0.29) is 12.5 Å². The Labute approximate surface area is 160 Å². The van der Waals surface area contributed by atoms with Gasteiger partial charge in [-0.1, -0.05) is 55.0 Å². The van der Waals surface area contributed by atoms with Gasteiger partial charge in [0.05, 0.1) is 6.54 Å². The molecule has 0 aliphatic carbocycles. The van der Waals surface area contributed by atoms with Crippen molar-refractivity contribution in [2.45, 2.75) is 26.8 Å². The quantitative estimate of drug-likeness (QED) is 0.620. The number of anilines is 1. The second kappa shape index (κ2) is 8.99. The lowest BCUT2D eigenvalue weighted by atomic mass is 10.1. The Bertz CT molecular complexity index is 859. The van der Waals surface area contributed by atoms with E-state index in [1.807, 2.05) is 49.4 Å². The first-order valence-corrected chi connectivity index (χ1v) is 9.14. The number of carbonyl (C=O) groups excluding carboxylic acids is 1. The molecule has 0 unspecified atom stereocenters. The fourth-order valence-corrected chi connectivity index (χ4v) is 2.73. The molecule has 138 valence electrons. The lowest BCUT2D eigenvalue weighted by Crippen LogP contribution is -2.35. The van der Waals surface area contributed by atoms with Crippen LogP contribution in [0, 0.1) is 6.92 Å². The van der Waals surface area contributed by atoms with Gasteiger partial charge in [-0.3, -0.25) is 9.69 Å². The van der Waals surface area contributed by atoms with Gasteiger partial charge in [0.25, 0.3) is 5.91 Å². The van der Waals surface area contributed by atoms with E-state index in [0.717, 1.165) is 17.5 Å². The highest BCUT2D eigenvalue weighted by Crippen LogP contribution is 2.17. The van der Waals surface area contributed by atoms with E-state index in [1.54, 1.807) is 11.1 Å². The Kier molecular flexibility index (Phi) is 6.21. The molecule has 0 aliphatic heterocycles. The summed E-state index contributed by atoms with van der Waals surface area (Å²) >= 11 is 0. The van der Waals surface area contributed by atoms with Crippen molar-refractivity contribution in [3.05, 3.63) is 89.6 Å². The molecule has 0 saturated heterocycles. The number of hydrogen-bond donors (Lipinski definition) is 0. The Balaban J connectivity index is 1.74. The van der Waals surface area contributed by atoms with Gasteiger partial charge in [-0.15, -0.1) is 0 Å². The molecule has 0 bridgehead atoms. The highest BCUT2D eigenvalue weighted by molar-refractivity contribution is 5.93. The normalized spacial score (nSPS) is 10.4. The summed E-state index contributed by atoms with van der Waals surface area (Å²) in [7, 11) is 0. The van der Waals surface area contributed by atoms with Crippen molar-refractivity contribution < 1.29 is 9.53 Å². The Morgan fingerprint density at radius 1 is 0.963 bits per heavy atom. The van der Waals surface area contributed by atoms with Crippen molar-refractivity contribution in [2.75, 3.05) is 11.5 Å². The predicted octanol–water partition coefficient (Wildman–Crippen LogP) is 4.56. The molecule has 0 atom stereocenters. The highest BCUT2D eigenvalue weighted by Gasteiger charge is 2.18. The van der Waals surface area contributed by atoms with Crippen molar-refractivity contribution in [2.24, 2.45) is 0 Å². The second-order valence-electron chi connectivity index (χ2n) is 6.44. The van der Waals surface area contributed by atoms with E-state index in [0.29, 0.717) is 18.1 Å². The Morgan fingerprint density at radius 2 is 1.67 bits per heavy atom. The number of amides is 1. The van der Waals surface area contributed by atoms with Crippen LogP contribution in [0.25, 0.3) is 0 Å². The maximum Gasteiger partial charge on any atom is 0.266 e. The highest BCUT2D eigenvalue weighted by atomic mass is 16.5. The van der Waals surface area contributed by atoms with Gasteiger partial charge in [0.1, 0.15) is 11.6 Å². The molecule has 0 spiro atoms. The van der Waals surface area contributed by atoms with Crippen LogP contribution >= 0.6 is 0 Å². The Hall–Kier alpha value is -3.14. The van der Waals surface area contributed by atoms with Crippen molar-refractivity contribution >= 4 is 11.7 Å². The largest absolute Gasteiger partial charge is 0.484 e. The number of benzene rings is 2. The number of hydrogen-bond acceptors (Lipinski definition) is 3. The van der Waals surface area contributed by atoms with Crippen molar-refractivity contribution in [3.63, 3.8) is 0 Å². The molecule has 0 fully saturated rings. The number of carbonyl (C=O) groups is 1. The van der Waals surface area contributed by atoms with Gasteiger partial charge in [0, 0.05) is 6.20 Å². The van der Waals surface area contributed by atoms with Crippen LogP contribution in [0.5, 0.6) is 5.75 Å². The first-order valence-electron chi connectivity index (χ1n) is 9.14. The van der Waals surface area contributed by atoms with Crippen LogP contribution in [0.15, 0.2) is 72.9 Å². The van der Waals surface area contributed by atoms with Crippen LogP contribution in [0.2, 0.25) is 0 Å². The van der Waals surface area contributed by atoms with Crippen molar-refractivity contribution in [3.8, 4) is 5.75 Å². The number of nitrogens with zero attached hydrogens (tertiary/aromatic N) is 2. The molecule has 0 saturated carbocycles. The third-order valence-corrected chi connectivity index (χ3v) is 4.38. The van der Waals surface area contributed by atoms with Crippen LogP contribution in [-0.4, -0.2) is 17.5 Å². The standard InChI is InChI=1S/C23H24N2O2/c1-3-19-9-11-20(12-10-19)16-25(22-6-4-5-15-24-22)23(26)17-27-21-13-7-18(2)8-14-21/h4-15H,3,16-17H2,1-2H3. The molecule has 1 amide bonds. The Morgan fingerprint density at radius 3 is 2.30 bits per heavy atom. The molecule has 4 heteroatoms. The van der Waals surface area contributed by atoms with Crippen molar-refractivity contribution in [1.29, 1.82) is 0 Å². The summed E-state index contributed by atoms with van der Waals surface area (Å²) in [6, 6.07) is 21.5. The number of aromatic nitrogens is 1. The van der Waals surface area contributed by atoms with Crippen LogP contribution in [0.1, 0.15) is 23.6 Å². The smallest absolute Gasteiger partial charge is 0.266 e. The monoisotopic (exact) mass is 360 g/mol. The summed E-state index contributed by atoms with van der Waals surface area (Å²) in [6.07, 6.45) is 2.68. The topological polar surface area (TPSA) is 42.4 Å². The van der Waals surface area contributed by atoms with E-state index in [1.165, 1.54) is 5.56 Å². The number of pyridine rings is 1. The fraction of sp³-hybridized carbons (Fsp3) is 0.217. The van der Waals surface area contributed by atoms with E-state index in [2.05, 4.69) is 36.2 Å². The summed E-state index contributed by atoms with van der Waals surface area (Å²) in [5, 5.41) is 0.